The third kappa shape index (κ3) is 2.46. The number of nitrogens with one attached hydrogen (secondary N) is 1. The highest BCUT2D eigenvalue weighted by Crippen LogP contribution is 2.62. The molecule has 2 aliphatic carbocycles. The lowest BCUT2D eigenvalue weighted by Gasteiger charge is -2.30. The summed E-state index contributed by atoms with van der Waals surface area (Å²) in [5.41, 5.74) is 0.251. The van der Waals surface area contributed by atoms with Gasteiger partial charge in [-0.3, -0.25) is 18.6 Å². The van der Waals surface area contributed by atoms with Crippen molar-refractivity contribution < 1.29 is 36.5 Å². The largest absolute Gasteiger partial charge is 0.468 e. The summed E-state index contributed by atoms with van der Waals surface area (Å²) in [7, 11) is -3.02. The number of ether oxygens (including phenoxy) is 2. The Kier molecular flexibility index (Phi) is 4.15. The number of methoxy groups -OCH3 is 1. The summed E-state index contributed by atoms with van der Waals surface area (Å²) >= 11 is 0. The summed E-state index contributed by atoms with van der Waals surface area (Å²) in [4.78, 5) is 35.5. The summed E-state index contributed by atoms with van der Waals surface area (Å²) < 4.78 is 38.2. The quantitative estimate of drug-likeness (QED) is 0.380. The molecule has 1 N–H and O–H groups in total. The zero-order chi connectivity index (χ0) is 18.6. The topological polar surface area (TPSA) is 125 Å². The van der Waals surface area contributed by atoms with Crippen molar-refractivity contribution in [3.05, 3.63) is 12.2 Å². The van der Waals surface area contributed by atoms with Crippen LogP contribution in [0.1, 0.15) is 19.8 Å². The molecule has 0 aromatic carbocycles. The van der Waals surface area contributed by atoms with Gasteiger partial charge in [-0.2, -0.15) is 8.42 Å². The fourth-order valence-electron chi connectivity index (χ4n) is 4.10. The van der Waals surface area contributed by atoms with Crippen molar-refractivity contribution in [2.75, 3.05) is 13.7 Å². The van der Waals surface area contributed by atoms with Crippen LogP contribution in [0.15, 0.2) is 12.2 Å². The van der Waals surface area contributed by atoms with E-state index in [9.17, 15) is 22.8 Å². The highest BCUT2D eigenvalue weighted by atomic mass is 32.2. The molecule has 1 amide bonds. The van der Waals surface area contributed by atoms with Crippen LogP contribution in [0.3, 0.4) is 0 Å². The number of amides is 1. The van der Waals surface area contributed by atoms with Gasteiger partial charge in [0.2, 0.25) is 5.91 Å². The molecule has 10 heteroatoms. The third-order valence-corrected chi connectivity index (χ3v) is 7.17. The van der Waals surface area contributed by atoms with E-state index in [1.54, 1.807) is 0 Å². The molecule has 2 bridgehead atoms. The Balaban J connectivity index is 1.71. The lowest BCUT2D eigenvalue weighted by molar-refractivity contribution is -0.157. The van der Waals surface area contributed by atoms with Gasteiger partial charge in [0, 0.05) is 17.4 Å². The van der Waals surface area contributed by atoms with Crippen LogP contribution < -0.4 is 5.32 Å². The first kappa shape index (κ1) is 17.9. The van der Waals surface area contributed by atoms with Crippen molar-refractivity contribution in [3.63, 3.8) is 0 Å². The fraction of sp³-hybridized carbons (Fsp3) is 0.667. The smallest absolute Gasteiger partial charge is 0.330 e. The summed E-state index contributed by atoms with van der Waals surface area (Å²) in [5, 5.41) is 2.35. The van der Waals surface area contributed by atoms with Gasteiger partial charge in [0.1, 0.15) is 18.8 Å². The molecular weight excluding hydrogens is 354 g/mol. The molecule has 1 heterocycles. The molecule has 138 valence electrons. The monoisotopic (exact) mass is 373 g/mol. The molecule has 0 aromatic heterocycles. The number of rotatable bonds is 5. The molecule has 25 heavy (non-hydrogen) atoms. The van der Waals surface area contributed by atoms with E-state index < -0.39 is 50.8 Å². The molecule has 0 spiro atoms. The van der Waals surface area contributed by atoms with Crippen molar-refractivity contribution in [2.45, 2.75) is 36.7 Å². The van der Waals surface area contributed by atoms with Crippen molar-refractivity contribution in [3.8, 4) is 0 Å². The van der Waals surface area contributed by atoms with Crippen LogP contribution >= 0.6 is 0 Å². The second kappa shape index (κ2) is 5.80. The minimum atomic E-state index is -4.16. The lowest BCUT2D eigenvalue weighted by Crippen LogP contribution is -2.51. The zero-order valence-corrected chi connectivity index (χ0v) is 14.6. The highest BCUT2D eigenvalue weighted by molar-refractivity contribution is 7.89. The summed E-state index contributed by atoms with van der Waals surface area (Å²) in [5.74, 6) is -2.93. The maximum absolute atomic E-state index is 12.4. The minimum Gasteiger partial charge on any atom is -0.468 e. The molecule has 3 fully saturated rings. The SMILES string of the molecule is C=C(C)C(=O)NCC(=O)OC1C2CC3C1OS(=O)(=O)C3(C(=O)OC)C2. The Morgan fingerprint density at radius 1 is 1.36 bits per heavy atom. The Morgan fingerprint density at radius 3 is 2.64 bits per heavy atom. The second-order valence-electron chi connectivity index (χ2n) is 6.62. The lowest BCUT2D eigenvalue weighted by atomic mass is 9.84. The first-order valence-corrected chi connectivity index (χ1v) is 9.19. The van der Waals surface area contributed by atoms with E-state index >= 15 is 0 Å². The normalized spacial score (nSPS) is 36.7. The molecule has 5 atom stereocenters. The number of hydrogen-bond donors (Lipinski definition) is 1. The maximum Gasteiger partial charge on any atom is 0.330 e. The Hall–Kier alpha value is -1.94. The second-order valence-corrected chi connectivity index (χ2v) is 8.45. The van der Waals surface area contributed by atoms with E-state index in [1.165, 1.54) is 6.92 Å². The van der Waals surface area contributed by atoms with Gasteiger partial charge in [-0.1, -0.05) is 6.58 Å². The van der Waals surface area contributed by atoms with Crippen molar-refractivity contribution in [1.82, 2.24) is 5.32 Å². The molecule has 0 aromatic rings. The molecule has 0 radical (unpaired) electrons. The van der Waals surface area contributed by atoms with E-state index in [2.05, 4.69) is 16.6 Å². The predicted molar refractivity (Wildman–Crippen MR) is 82.5 cm³/mol. The predicted octanol–water partition coefficient (Wildman–Crippen LogP) is -0.729. The maximum atomic E-state index is 12.4. The standard InChI is InChI=1S/C15H19NO8S/c1-7(2)13(18)16-6-10(17)23-11-8-4-9-12(11)24-25(20,21)15(9,5-8)14(19)22-3/h8-9,11-12H,1,4-6H2,2-3H3,(H,16,18). The molecule has 1 aliphatic heterocycles. The third-order valence-electron chi connectivity index (χ3n) is 5.17. The fourth-order valence-corrected chi connectivity index (χ4v) is 6.11. The highest BCUT2D eigenvalue weighted by Gasteiger charge is 2.77. The van der Waals surface area contributed by atoms with Crippen LogP contribution in [0, 0.1) is 11.8 Å². The van der Waals surface area contributed by atoms with Gasteiger partial charge in [-0.25, -0.2) is 0 Å². The number of hydrogen-bond acceptors (Lipinski definition) is 8. The number of fused-ring (bicyclic) bond motifs is 1. The molecule has 9 nitrogen and oxygen atoms in total. The van der Waals surface area contributed by atoms with Gasteiger partial charge < -0.3 is 14.8 Å². The molecule has 5 unspecified atom stereocenters. The van der Waals surface area contributed by atoms with Gasteiger partial charge in [0.05, 0.1) is 7.11 Å². The average Bonchev–Trinajstić information content (AvgIpc) is 3.13. The van der Waals surface area contributed by atoms with Crippen LogP contribution in [0.2, 0.25) is 0 Å². The van der Waals surface area contributed by atoms with Crippen molar-refractivity contribution in [2.24, 2.45) is 11.8 Å². The van der Waals surface area contributed by atoms with E-state index in [4.69, 9.17) is 8.92 Å². The number of carbonyl (C=O) groups excluding carboxylic acids is 3. The Labute approximate surface area is 144 Å². The summed E-state index contributed by atoms with van der Waals surface area (Å²) in [6, 6.07) is 0. The van der Waals surface area contributed by atoms with Crippen LogP contribution in [0.25, 0.3) is 0 Å². The first-order valence-electron chi connectivity index (χ1n) is 7.78. The van der Waals surface area contributed by atoms with Crippen LogP contribution in [0.5, 0.6) is 0 Å². The zero-order valence-electron chi connectivity index (χ0n) is 13.8. The van der Waals surface area contributed by atoms with Gasteiger partial charge in [-0.05, 0) is 19.8 Å². The number of carbonyl (C=O) groups is 3. The van der Waals surface area contributed by atoms with Crippen molar-refractivity contribution in [1.29, 1.82) is 0 Å². The Bertz CT molecular complexity index is 759. The number of esters is 2. The molecule has 2 saturated carbocycles. The first-order chi connectivity index (χ1) is 11.6. The molecule has 3 aliphatic rings. The van der Waals surface area contributed by atoms with Gasteiger partial charge >= 0.3 is 11.9 Å². The van der Waals surface area contributed by atoms with E-state index in [1.807, 2.05) is 0 Å². The summed E-state index contributed by atoms with van der Waals surface area (Å²) in [6.07, 6.45) is -1.27. The van der Waals surface area contributed by atoms with E-state index in [0.717, 1.165) is 7.11 Å². The van der Waals surface area contributed by atoms with Gasteiger partial charge in [0.25, 0.3) is 10.1 Å². The minimum absolute atomic E-state index is 0.000749. The van der Waals surface area contributed by atoms with Gasteiger partial charge in [-0.15, -0.1) is 0 Å². The molecule has 3 rings (SSSR count). The van der Waals surface area contributed by atoms with Crippen LogP contribution in [-0.4, -0.2) is 56.9 Å². The van der Waals surface area contributed by atoms with E-state index in [-0.39, 0.29) is 24.5 Å². The summed E-state index contributed by atoms with van der Waals surface area (Å²) in [6.45, 7) is 4.59. The van der Waals surface area contributed by atoms with Crippen molar-refractivity contribution >= 4 is 28.0 Å². The Morgan fingerprint density at radius 2 is 2.04 bits per heavy atom. The molecule has 1 saturated heterocycles. The van der Waals surface area contributed by atoms with Crippen LogP contribution in [-0.2, 0) is 38.2 Å². The van der Waals surface area contributed by atoms with E-state index in [0.29, 0.717) is 6.42 Å². The average molecular weight is 373 g/mol. The van der Waals surface area contributed by atoms with Gasteiger partial charge in [0.15, 0.2) is 4.75 Å². The van der Waals surface area contributed by atoms with Crippen LogP contribution in [0.4, 0.5) is 0 Å². The molecular formula is C15H19NO8S.